The van der Waals surface area contributed by atoms with Crippen molar-refractivity contribution in [3.05, 3.63) is 41.7 Å². The Hall–Kier alpha value is -2.52. The Labute approximate surface area is 179 Å². The predicted molar refractivity (Wildman–Crippen MR) is 117 cm³/mol. The van der Waals surface area contributed by atoms with Crippen LogP contribution < -0.4 is 10.6 Å². The molecule has 3 rings (SSSR count). The smallest absolute Gasteiger partial charge is 0.191 e. The molecule has 9 heteroatoms. The zero-order valence-electron chi connectivity index (χ0n) is 18.3. The van der Waals surface area contributed by atoms with Crippen molar-refractivity contribution < 1.29 is 4.74 Å². The van der Waals surface area contributed by atoms with Crippen molar-refractivity contribution in [2.24, 2.45) is 12.0 Å². The quantitative estimate of drug-likeness (QED) is 0.362. The highest BCUT2D eigenvalue weighted by Crippen LogP contribution is 2.13. The number of aryl methyl sites for hydroxylation is 1. The van der Waals surface area contributed by atoms with Crippen molar-refractivity contribution in [2.45, 2.75) is 45.3 Å². The lowest BCUT2D eigenvalue weighted by molar-refractivity contribution is 0.194. The summed E-state index contributed by atoms with van der Waals surface area (Å²) in [4.78, 5) is 11.7. The average molecular weight is 415 g/mol. The van der Waals surface area contributed by atoms with E-state index in [0.29, 0.717) is 12.6 Å². The third-order valence-corrected chi connectivity index (χ3v) is 5.42. The van der Waals surface area contributed by atoms with Crippen molar-refractivity contribution in [3.63, 3.8) is 0 Å². The number of methoxy groups -OCH3 is 1. The Balaban J connectivity index is 1.52. The van der Waals surface area contributed by atoms with Gasteiger partial charge in [-0.2, -0.15) is 0 Å². The molecule has 2 N–H and O–H groups in total. The zero-order valence-corrected chi connectivity index (χ0v) is 18.3. The van der Waals surface area contributed by atoms with Crippen molar-refractivity contribution in [3.8, 4) is 0 Å². The van der Waals surface area contributed by atoms with Gasteiger partial charge in [0.15, 0.2) is 11.8 Å². The van der Waals surface area contributed by atoms with Crippen LogP contribution in [0, 0.1) is 6.92 Å². The first-order valence-electron chi connectivity index (χ1n) is 10.7. The molecule has 0 aliphatic carbocycles. The van der Waals surface area contributed by atoms with Gasteiger partial charge in [0.1, 0.15) is 12.4 Å². The summed E-state index contributed by atoms with van der Waals surface area (Å²) in [6.07, 6.45) is 4.95. The normalized spacial score (nSPS) is 16.0. The van der Waals surface area contributed by atoms with Crippen LogP contribution in [-0.2, 0) is 24.9 Å². The van der Waals surface area contributed by atoms with Crippen molar-refractivity contribution in [2.75, 3.05) is 33.4 Å². The summed E-state index contributed by atoms with van der Waals surface area (Å²) >= 11 is 0. The van der Waals surface area contributed by atoms with E-state index in [1.54, 1.807) is 7.11 Å². The van der Waals surface area contributed by atoms with Gasteiger partial charge in [-0.25, -0.2) is 4.99 Å². The summed E-state index contributed by atoms with van der Waals surface area (Å²) in [5.74, 6) is 2.58. The predicted octanol–water partition coefficient (Wildman–Crippen LogP) is 1.25. The molecule has 0 bridgehead atoms. The average Bonchev–Trinajstić information content (AvgIpc) is 3.09. The third kappa shape index (κ3) is 6.77. The highest BCUT2D eigenvalue weighted by Gasteiger charge is 2.20. The monoisotopic (exact) mass is 414 g/mol. The van der Waals surface area contributed by atoms with Crippen molar-refractivity contribution in [1.29, 1.82) is 0 Å². The number of nitrogens with zero attached hydrogens (tertiary/aromatic N) is 6. The molecule has 1 aliphatic heterocycles. The number of ether oxygens (including phenoxy) is 1. The van der Waals surface area contributed by atoms with E-state index in [1.165, 1.54) is 0 Å². The molecule has 3 heterocycles. The Kier molecular flexibility index (Phi) is 8.58. The molecule has 0 atom stereocenters. The molecule has 1 saturated heterocycles. The van der Waals surface area contributed by atoms with Gasteiger partial charge in [-0.1, -0.05) is 6.07 Å². The van der Waals surface area contributed by atoms with Gasteiger partial charge in [0.05, 0.1) is 5.69 Å². The molecule has 30 heavy (non-hydrogen) atoms. The molecule has 1 aliphatic rings. The van der Waals surface area contributed by atoms with Crippen LogP contribution >= 0.6 is 0 Å². The maximum absolute atomic E-state index is 5.15. The Morgan fingerprint density at radius 1 is 1.27 bits per heavy atom. The highest BCUT2D eigenvalue weighted by molar-refractivity contribution is 5.80. The Morgan fingerprint density at radius 2 is 2.10 bits per heavy atom. The van der Waals surface area contributed by atoms with Gasteiger partial charge in [0.2, 0.25) is 0 Å². The molecule has 0 unspecified atom stereocenters. The minimum atomic E-state index is 0.403. The summed E-state index contributed by atoms with van der Waals surface area (Å²) in [6.45, 7) is 7.00. The number of piperidine rings is 1. The van der Waals surface area contributed by atoms with Crippen LogP contribution in [0.3, 0.4) is 0 Å². The lowest BCUT2D eigenvalue weighted by Gasteiger charge is -2.33. The topological polar surface area (TPSA) is 92.5 Å². The maximum atomic E-state index is 5.15. The fourth-order valence-corrected chi connectivity index (χ4v) is 3.46. The maximum Gasteiger partial charge on any atom is 0.191 e. The van der Waals surface area contributed by atoms with Crippen molar-refractivity contribution >= 4 is 5.96 Å². The van der Waals surface area contributed by atoms with Gasteiger partial charge in [-0.15, -0.1) is 10.2 Å². The van der Waals surface area contributed by atoms with E-state index in [0.717, 1.165) is 75.4 Å². The van der Waals surface area contributed by atoms with Crippen LogP contribution in [0.15, 0.2) is 29.4 Å². The van der Waals surface area contributed by atoms with Crippen LogP contribution in [0.1, 0.15) is 36.6 Å². The second-order valence-corrected chi connectivity index (χ2v) is 7.68. The van der Waals surface area contributed by atoms with Gasteiger partial charge in [0, 0.05) is 59.2 Å². The number of likely N-dealkylation sites (tertiary alicyclic amines) is 1. The minimum Gasteiger partial charge on any atom is -0.385 e. The number of pyridine rings is 1. The molecular weight excluding hydrogens is 380 g/mol. The minimum absolute atomic E-state index is 0.403. The summed E-state index contributed by atoms with van der Waals surface area (Å²) in [5.41, 5.74) is 1.13. The van der Waals surface area contributed by atoms with E-state index < -0.39 is 0 Å². The van der Waals surface area contributed by atoms with Crippen LogP contribution in [-0.4, -0.2) is 70.0 Å². The largest absolute Gasteiger partial charge is 0.385 e. The Morgan fingerprint density at radius 3 is 2.77 bits per heavy atom. The number of aromatic nitrogens is 4. The fourth-order valence-electron chi connectivity index (χ4n) is 3.46. The number of hydrogen-bond donors (Lipinski definition) is 2. The molecule has 1 fully saturated rings. The summed E-state index contributed by atoms with van der Waals surface area (Å²) in [6, 6.07) is 6.50. The van der Waals surface area contributed by atoms with E-state index in [-0.39, 0.29) is 0 Å². The standard InChI is InChI=1S/C21H34N8O/c1-17-26-27-20(28(17)2)15-24-21(23-11-6-14-30-3)25-18-8-12-29(13-9-18)16-19-7-4-5-10-22-19/h4-5,7,10,18H,6,8-9,11-16H2,1-3H3,(H2,23,24,25). The summed E-state index contributed by atoms with van der Waals surface area (Å²) in [5, 5.41) is 15.4. The lowest BCUT2D eigenvalue weighted by atomic mass is 10.0. The number of nitrogens with one attached hydrogen (secondary N) is 2. The number of guanidine groups is 1. The second-order valence-electron chi connectivity index (χ2n) is 7.68. The van der Waals surface area contributed by atoms with E-state index >= 15 is 0 Å². The molecule has 2 aromatic rings. The first-order chi connectivity index (χ1) is 14.7. The van der Waals surface area contributed by atoms with Crippen LogP contribution in [0.25, 0.3) is 0 Å². The highest BCUT2D eigenvalue weighted by atomic mass is 16.5. The second kappa shape index (κ2) is 11.6. The summed E-state index contributed by atoms with van der Waals surface area (Å²) in [7, 11) is 3.69. The third-order valence-electron chi connectivity index (χ3n) is 5.42. The van der Waals surface area contributed by atoms with E-state index in [4.69, 9.17) is 9.73 Å². The van der Waals surface area contributed by atoms with E-state index in [2.05, 4.69) is 36.8 Å². The molecule has 9 nitrogen and oxygen atoms in total. The molecule has 0 aromatic carbocycles. The lowest BCUT2D eigenvalue weighted by Crippen LogP contribution is -2.48. The van der Waals surface area contributed by atoms with Crippen LogP contribution in [0.2, 0.25) is 0 Å². The molecule has 164 valence electrons. The number of hydrogen-bond acceptors (Lipinski definition) is 6. The van der Waals surface area contributed by atoms with Crippen molar-refractivity contribution in [1.82, 2.24) is 35.3 Å². The Bertz CT molecular complexity index is 784. The summed E-state index contributed by atoms with van der Waals surface area (Å²) < 4.78 is 7.12. The molecule has 0 amide bonds. The van der Waals surface area contributed by atoms with E-state index in [1.807, 2.05) is 36.9 Å². The first kappa shape index (κ1) is 22.2. The van der Waals surface area contributed by atoms with Crippen LogP contribution in [0.5, 0.6) is 0 Å². The van der Waals surface area contributed by atoms with Gasteiger partial charge in [0.25, 0.3) is 0 Å². The van der Waals surface area contributed by atoms with Gasteiger partial charge in [-0.3, -0.25) is 9.88 Å². The first-order valence-corrected chi connectivity index (χ1v) is 10.7. The SMILES string of the molecule is COCCCNC(=NCc1nnc(C)n1C)NC1CCN(Cc2ccccn2)CC1. The molecular formula is C21H34N8O. The molecule has 0 spiro atoms. The number of rotatable bonds is 9. The van der Waals surface area contributed by atoms with Crippen LogP contribution in [0.4, 0.5) is 0 Å². The van der Waals surface area contributed by atoms with E-state index in [9.17, 15) is 0 Å². The van der Waals surface area contributed by atoms with Gasteiger partial charge in [-0.05, 0) is 38.3 Å². The fraction of sp³-hybridized carbons (Fsp3) is 0.619. The number of aliphatic imine (C=N–C) groups is 1. The van der Waals surface area contributed by atoms with Gasteiger partial charge >= 0.3 is 0 Å². The molecule has 0 saturated carbocycles. The van der Waals surface area contributed by atoms with Gasteiger partial charge < -0.3 is 19.9 Å². The molecule has 2 aromatic heterocycles. The molecule has 0 radical (unpaired) electrons. The zero-order chi connectivity index (χ0) is 21.2.